The highest BCUT2D eigenvalue weighted by Crippen LogP contribution is 2.29. The number of carbonyl (C=O) groups is 1. The Balaban J connectivity index is 1.43. The molecule has 1 aliphatic heterocycles. The van der Waals surface area contributed by atoms with Crippen molar-refractivity contribution in [2.45, 2.75) is 32.6 Å². The number of carbonyl (C=O) groups excluding carboxylic acids is 1. The minimum Gasteiger partial charge on any atom is -0.441 e. The molecule has 0 aliphatic carbocycles. The fraction of sp³-hybridized carbons (Fsp3) is 0.273. The van der Waals surface area contributed by atoms with Gasteiger partial charge >= 0.3 is 0 Å². The van der Waals surface area contributed by atoms with Crippen LogP contribution in [0, 0.1) is 12.7 Å². The van der Waals surface area contributed by atoms with Crippen LogP contribution in [-0.4, -0.2) is 17.4 Å². The quantitative estimate of drug-likeness (QED) is 0.674. The van der Waals surface area contributed by atoms with Gasteiger partial charge in [0, 0.05) is 30.6 Å². The molecule has 138 valence electrons. The third kappa shape index (κ3) is 3.77. The Morgan fingerprint density at radius 3 is 2.85 bits per heavy atom. The van der Waals surface area contributed by atoms with E-state index in [1.807, 2.05) is 17.0 Å². The van der Waals surface area contributed by atoms with Gasteiger partial charge in [-0.25, -0.2) is 9.37 Å². The van der Waals surface area contributed by atoms with Gasteiger partial charge in [-0.05, 0) is 55.7 Å². The van der Waals surface area contributed by atoms with E-state index in [1.165, 1.54) is 23.3 Å². The highest BCUT2D eigenvalue weighted by Gasteiger charge is 2.22. The Morgan fingerprint density at radius 1 is 1.22 bits per heavy atom. The molecule has 0 atom stereocenters. The summed E-state index contributed by atoms with van der Waals surface area (Å²) in [6.07, 6.45) is 4.40. The van der Waals surface area contributed by atoms with Crippen molar-refractivity contribution in [3.63, 3.8) is 0 Å². The van der Waals surface area contributed by atoms with Crippen molar-refractivity contribution < 1.29 is 13.6 Å². The number of nitrogens with zero attached hydrogens (tertiary/aromatic N) is 2. The molecule has 0 N–H and O–H groups in total. The third-order valence-electron chi connectivity index (χ3n) is 4.89. The maximum absolute atomic E-state index is 13.0. The summed E-state index contributed by atoms with van der Waals surface area (Å²) < 4.78 is 18.8. The molecule has 2 aromatic carbocycles. The van der Waals surface area contributed by atoms with Crippen molar-refractivity contribution >= 4 is 11.6 Å². The van der Waals surface area contributed by atoms with Crippen LogP contribution in [0.1, 0.15) is 29.9 Å². The molecule has 1 amide bonds. The average molecular weight is 364 g/mol. The van der Waals surface area contributed by atoms with Crippen LogP contribution in [0.15, 0.2) is 53.1 Å². The van der Waals surface area contributed by atoms with Crippen LogP contribution < -0.4 is 4.90 Å². The highest BCUT2D eigenvalue weighted by molar-refractivity contribution is 5.94. The number of aromatic nitrogens is 1. The molecule has 4 nitrogen and oxygen atoms in total. The van der Waals surface area contributed by atoms with E-state index in [0.717, 1.165) is 30.6 Å². The summed E-state index contributed by atoms with van der Waals surface area (Å²) >= 11 is 0. The minimum absolute atomic E-state index is 0.0846. The molecular weight excluding hydrogens is 343 g/mol. The van der Waals surface area contributed by atoms with E-state index in [-0.39, 0.29) is 11.7 Å². The Bertz CT molecular complexity index is 963. The molecule has 3 aromatic rings. The number of hydrogen-bond donors (Lipinski definition) is 0. The number of oxazole rings is 1. The Labute approximate surface area is 157 Å². The van der Waals surface area contributed by atoms with E-state index in [1.54, 1.807) is 18.3 Å². The Kier molecular flexibility index (Phi) is 4.75. The van der Waals surface area contributed by atoms with Crippen molar-refractivity contribution in [3.8, 4) is 11.3 Å². The van der Waals surface area contributed by atoms with E-state index in [2.05, 4.69) is 18.0 Å². The number of benzene rings is 2. The number of amides is 1. The zero-order valence-corrected chi connectivity index (χ0v) is 15.2. The number of halogens is 1. The number of anilines is 1. The maximum Gasteiger partial charge on any atom is 0.227 e. The summed E-state index contributed by atoms with van der Waals surface area (Å²) in [6, 6.07) is 12.3. The molecule has 5 heteroatoms. The van der Waals surface area contributed by atoms with Crippen LogP contribution in [0.25, 0.3) is 11.3 Å². The zero-order chi connectivity index (χ0) is 18.8. The predicted octanol–water partition coefficient (Wildman–Crippen LogP) is 4.70. The molecule has 27 heavy (non-hydrogen) atoms. The predicted molar refractivity (Wildman–Crippen MR) is 102 cm³/mol. The fourth-order valence-electron chi connectivity index (χ4n) is 3.51. The van der Waals surface area contributed by atoms with Gasteiger partial charge in [0.2, 0.25) is 5.91 Å². The fourth-order valence-corrected chi connectivity index (χ4v) is 3.51. The van der Waals surface area contributed by atoms with E-state index in [4.69, 9.17) is 4.42 Å². The minimum atomic E-state index is -0.291. The van der Waals surface area contributed by atoms with Crippen molar-refractivity contribution in [1.29, 1.82) is 0 Å². The van der Waals surface area contributed by atoms with Gasteiger partial charge in [0.05, 0.1) is 6.20 Å². The smallest absolute Gasteiger partial charge is 0.227 e. The molecule has 0 spiro atoms. The standard InChI is InChI=1S/C22H21FN2O2/c1-15-4-9-19-17(13-15)3-2-12-25(19)22(26)11-10-21-24-14-20(27-21)16-5-7-18(23)8-6-16/h4-9,13-14H,2-3,10-12H2,1H3. The Morgan fingerprint density at radius 2 is 2.04 bits per heavy atom. The lowest BCUT2D eigenvalue weighted by Crippen LogP contribution is -2.35. The monoisotopic (exact) mass is 364 g/mol. The van der Waals surface area contributed by atoms with Gasteiger partial charge in [0.1, 0.15) is 5.82 Å². The number of fused-ring (bicyclic) bond motifs is 1. The van der Waals surface area contributed by atoms with Gasteiger partial charge in [0.15, 0.2) is 11.7 Å². The topological polar surface area (TPSA) is 46.3 Å². The Hall–Kier alpha value is -2.95. The molecule has 1 aromatic heterocycles. The van der Waals surface area contributed by atoms with Crippen molar-refractivity contribution in [3.05, 3.63) is 71.5 Å². The third-order valence-corrected chi connectivity index (χ3v) is 4.89. The summed E-state index contributed by atoms with van der Waals surface area (Å²) in [5.74, 6) is 0.891. The van der Waals surface area contributed by atoms with Crippen LogP contribution in [0.2, 0.25) is 0 Å². The van der Waals surface area contributed by atoms with Gasteiger partial charge in [0.25, 0.3) is 0 Å². The first-order valence-electron chi connectivity index (χ1n) is 9.21. The van der Waals surface area contributed by atoms with Crippen LogP contribution in [0.5, 0.6) is 0 Å². The van der Waals surface area contributed by atoms with Gasteiger partial charge in [-0.3, -0.25) is 4.79 Å². The van der Waals surface area contributed by atoms with E-state index < -0.39 is 0 Å². The first-order valence-corrected chi connectivity index (χ1v) is 9.21. The lowest BCUT2D eigenvalue weighted by Gasteiger charge is -2.29. The maximum atomic E-state index is 13.0. The average Bonchev–Trinajstić information content (AvgIpc) is 3.15. The number of aryl methyl sites for hydroxylation is 3. The van der Waals surface area contributed by atoms with Crippen LogP contribution >= 0.6 is 0 Å². The van der Waals surface area contributed by atoms with Crippen LogP contribution in [0.4, 0.5) is 10.1 Å². The molecule has 0 saturated heterocycles. The molecular formula is C22H21FN2O2. The summed E-state index contributed by atoms with van der Waals surface area (Å²) in [4.78, 5) is 18.9. The number of rotatable bonds is 4. The van der Waals surface area contributed by atoms with Gasteiger partial charge in [-0.1, -0.05) is 17.7 Å². The van der Waals surface area contributed by atoms with Gasteiger partial charge < -0.3 is 9.32 Å². The van der Waals surface area contributed by atoms with Crippen LogP contribution in [-0.2, 0) is 17.6 Å². The van der Waals surface area contributed by atoms with Crippen molar-refractivity contribution in [2.24, 2.45) is 0 Å². The van der Waals surface area contributed by atoms with E-state index in [9.17, 15) is 9.18 Å². The van der Waals surface area contributed by atoms with Gasteiger partial charge in [-0.15, -0.1) is 0 Å². The molecule has 1 aliphatic rings. The van der Waals surface area contributed by atoms with Crippen molar-refractivity contribution in [1.82, 2.24) is 4.98 Å². The van der Waals surface area contributed by atoms with Crippen LogP contribution in [0.3, 0.4) is 0 Å². The van der Waals surface area contributed by atoms with Gasteiger partial charge in [-0.2, -0.15) is 0 Å². The van der Waals surface area contributed by atoms with E-state index >= 15 is 0 Å². The molecule has 0 saturated carbocycles. The zero-order valence-electron chi connectivity index (χ0n) is 15.2. The highest BCUT2D eigenvalue weighted by atomic mass is 19.1. The molecule has 0 unspecified atom stereocenters. The largest absolute Gasteiger partial charge is 0.441 e. The first-order chi connectivity index (χ1) is 13.1. The normalized spacial score (nSPS) is 13.5. The summed E-state index contributed by atoms with van der Waals surface area (Å²) in [7, 11) is 0. The lowest BCUT2D eigenvalue weighted by molar-refractivity contribution is -0.118. The summed E-state index contributed by atoms with van der Waals surface area (Å²) in [5.41, 5.74) is 4.25. The SMILES string of the molecule is Cc1ccc2c(c1)CCCN2C(=O)CCc1ncc(-c2ccc(F)cc2)o1. The lowest BCUT2D eigenvalue weighted by atomic mass is 9.99. The summed E-state index contributed by atoms with van der Waals surface area (Å²) in [5, 5.41) is 0. The second-order valence-corrected chi connectivity index (χ2v) is 6.91. The molecule has 2 heterocycles. The van der Waals surface area contributed by atoms with E-state index in [0.29, 0.717) is 24.5 Å². The number of hydrogen-bond acceptors (Lipinski definition) is 3. The summed E-state index contributed by atoms with van der Waals surface area (Å²) in [6.45, 7) is 2.82. The first kappa shape index (κ1) is 17.5. The molecule has 0 radical (unpaired) electrons. The second kappa shape index (κ2) is 7.35. The molecule has 0 bridgehead atoms. The van der Waals surface area contributed by atoms with Crippen molar-refractivity contribution in [2.75, 3.05) is 11.4 Å². The molecule has 4 rings (SSSR count). The second-order valence-electron chi connectivity index (χ2n) is 6.91. The molecule has 0 fully saturated rings.